The summed E-state index contributed by atoms with van der Waals surface area (Å²) in [6.45, 7) is 8.47. The van der Waals surface area contributed by atoms with E-state index in [0.29, 0.717) is 0 Å². The number of furan rings is 1. The van der Waals surface area contributed by atoms with Crippen LogP contribution in [-0.4, -0.2) is 4.57 Å². The second kappa shape index (κ2) is 12.1. The molecule has 2 heterocycles. The Balaban J connectivity index is 1.23. The zero-order valence-corrected chi connectivity index (χ0v) is 30.0. The molecule has 1 aliphatic carbocycles. The highest BCUT2D eigenvalue weighted by molar-refractivity contribution is 6.20. The SMILES string of the molecule is C=Cc1c(C=C)n(-c2ccc(N(c3ccc4c5c(cccc35)-c3ccccc3-4)c3cccc4c3oc3ccccc34)cc2-c2ccccc2)c2ccccc12. The standard InChI is InChI=1S/C52H34N2O/c1-3-35-38-20-10-12-25-46(38)54(45(35)4-2)48-30-28-34(32-44(48)33-16-6-5-7-17-33)53(49-26-15-23-42-39-21-11-13-27-50(39)55-52(42)49)47-31-29-41-37-19-9-8-18-36(37)40-22-14-24-43(47)51(40)41/h3-32H,1-2H2. The van der Waals surface area contributed by atoms with E-state index in [4.69, 9.17) is 4.42 Å². The number of anilines is 3. The van der Waals surface area contributed by atoms with Crippen LogP contribution in [0, 0.1) is 0 Å². The smallest absolute Gasteiger partial charge is 0.159 e. The molecule has 0 spiro atoms. The van der Waals surface area contributed by atoms with Crippen molar-refractivity contribution in [3.63, 3.8) is 0 Å². The molecule has 0 unspecified atom stereocenters. The molecule has 8 aromatic carbocycles. The first-order valence-corrected chi connectivity index (χ1v) is 18.7. The van der Waals surface area contributed by atoms with E-state index >= 15 is 0 Å². The molecule has 1 aliphatic rings. The van der Waals surface area contributed by atoms with Crippen molar-refractivity contribution in [2.24, 2.45) is 0 Å². The fourth-order valence-corrected chi connectivity index (χ4v) is 8.97. The zero-order valence-electron chi connectivity index (χ0n) is 30.0. The minimum atomic E-state index is 0.849. The number of hydrogen-bond acceptors (Lipinski definition) is 2. The number of nitrogens with zero attached hydrogens (tertiary/aromatic N) is 2. The first-order chi connectivity index (χ1) is 27.2. The second-order valence-corrected chi connectivity index (χ2v) is 14.1. The molecule has 0 fully saturated rings. The molecular formula is C52H34N2O. The molecule has 0 saturated heterocycles. The summed E-state index contributed by atoms with van der Waals surface area (Å²) in [5.41, 5.74) is 16.3. The Kier molecular flexibility index (Phi) is 6.86. The number of benzene rings is 8. The van der Waals surface area contributed by atoms with Crippen LogP contribution in [0.1, 0.15) is 11.3 Å². The van der Waals surface area contributed by atoms with Crippen molar-refractivity contribution in [3.8, 4) is 39.1 Å². The van der Waals surface area contributed by atoms with Crippen LogP contribution in [0.5, 0.6) is 0 Å². The minimum absolute atomic E-state index is 0.849. The molecule has 10 aromatic rings. The lowest BCUT2D eigenvalue weighted by Crippen LogP contribution is -2.12. The van der Waals surface area contributed by atoms with Gasteiger partial charge in [-0.1, -0.05) is 147 Å². The van der Waals surface area contributed by atoms with Crippen LogP contribution in [0.15, 0.2) is 187 Å². The van der Waals surface area contributed by atoms with Crippen LogP contribution in [0.4, 0.5) is 17.1 Å². The van der Waals surface area contributed by atoms with Crippen molar-refractivity contribution >= 4 is 72.8 Å². The Morgan fingerprint density at radius 3 is 1.98 bits per heavy atom. The first kappa shape index (κ1) is 31.2. The summed E-state index contributed by atoms with van der Waals surface area (Å²) in [4.78, 5) is 2.39. The van der Waals surface area contributed by atoms with Crippen molar-refractivity contribution in [2.45, 2.75) is 0 Å². The highest BCUT2D eigenvalue weighted by atomic mass is 16.3. The Morgan fingerprint density at radius 2 is 1.16 bits per heavy atom. The molecule has 3 nitrogen and oxygen atoms in total. The van der Waals surface area contributed by atoms with Gasteiger partial charge in [0.1, 0.15) is 5.58 Å². The lowest BCUT2D eigenvalue weighted by molar-refractivity contribution is 0.669. The molecule has 0 aliphatic heterocycles. The third-order valence-electron chi connectivity index (χ3n) is 11.3. The summed E-state index contributed by atoms with van der Waals surface area (Å²) in [7, 11) is 0. The highest BCUT2D eigenvalue weighted by Gasteiger charge is 2.27. The average molecular weight is 703 g/mol. The van der Waals surface area contributed by atoms with Gasteiger partial charge in [0.25, 0.3) is 0 Å². The quantitative estimate of drug-likeness (QED) is 0.165. The topological polar surface area (TPSA) is 21.3 Å². The van der Waals surface area contributed by atoms with Gasteiger partial charge in [-0.2, -0.15) is 0 Å². The number of hydrogen-bond donors (Lipinski definition) is 0. The lowest BCUT2D eigenvalue weighted by atomic mass is 9.98. The van der Waals surface area contributed by atoms with Gasteiger partial charge in [-0.05, 0) is 81.7 Å². The first-order valence-electron chi connectivity index (χ1n) is 18.7. The Hall–Kier alpha value is -7.36. The molecule has 0 bridgehead atoms. The average Bonchev–Trinajstić information content (AvgIpc) is 3.90. The second-order valence-electron chi connectivity index (χ2n) is 14.1. The monoisotopic (exact) mass is 702 g/mol. The third-order valence-corrected chi connectivity index (χ3v) is 11.3. The van der Waals surface area contributed by atoms with E-state index in [9.17, 15) is 0 Å². The Labute approximate surface area is 318 Å². The third kappa shape index (κ3) is 4.50. The van der Waals surface area contributed by atoms with Crippen molar-refractivity contribution in [3.05, 3.63) is 194 Å². The summed E-state index contributed by atoms with van der Waals surface area (Å²) in [6.07, 6.45) is 3.88. The van der Waals surface area contributed by atoms with E-state index in [1.165, 1.54) is 33.0 Å². The molecule has 2 aromatic heterocycles. The maximum Gasteiger partial charge on any atom is 0.159 e. The van der Waals surface area contributed by atoms with Crippen molar-refractivity contribution < 1.29 is 4.42 Å². The molecule has 55 heavy (non-hydrogen) atoms. The maximum absolute atomic E-state index is 6.77. The van der Waals surface area contributed by atoms with Crippen molar-refractivity contribution in [1.82, 2.24) is 4.57 Å². The van der Waals surface area contributed by atoms with Gasteiger partial charge in [0.05, 0.1) is 28.3 Å². The van der Waals surface area contributed by atoms with Gasteiger partial charge in [-0.15, -0.1) is 0 Å². The van der Waals surface area contributed by atoms with Crippen LogP contribution in [0.3, 0.4) is 0 Å². The fraction of sp³-hybridized carbons (Fsp3) is 0. The van der Waals surface area contributed by atoms with E-state index in [1.807, 2.05) is 18.2 Å². The van der Waals surface area contributed by atoms with Crippen LogP contribution in [-0.2, 0) is 0 Å². The molecule has 11 rings (SSSR count). The van der Waals surface area contributed by atoms with Gasteiger partial charge in [0.15, 0.2) is 5.58 Å². The van der Waals surface area contributed by atoms with Gasteiger partial charge < -0.3 is 13.9 Å². The summed E-state index contributed by atoms with van der Waals surface area (Å²) in [5.74, 6) is 0. The van der Waals surface area contributed by atoms with Crippen LogP contribution >= 0.6 is 0 Å². The summed E-state index contributed by atoms with van der Waals surface area (Å²) in [5, 5.41) is 5.79. The Bertz CT molecular complexity index is 3170. The molecular weight excluding hydrogens is 669 g/mol. The van der Waals surface area contributed by atoms with Gasteiger partial charge in [-0.3, -0.25) is 0 Å². The van der Waals surface area contributed by atoms with Crippen molar-refractivity contribution in [2.75, 3.05) is 4.90 Å². The number of aromatic nitrogens is 1. The Morgan fingerprint density at radius 1 is 0.491 bits per heavy atom. The molecule has 0 amide bonds. The number of para-hydroxylation sites is 3. The molecule has 0 saturated carbocycles. The van der Waals surface area contributed by atoms with Crippen LogP contribution in [0.2, 0.25) is 0 Å². The fourth-order valence-electron chi connectivity index (χ4n) is 8.97. The predicted molar refractivity (Wildman–Crippen MR) is 233 cm³/mol. The van der Waals surface area contributed by atoms with Crippen molar-refractivity contribution in [1.29, 1.82) is 0 Å². The minimum Gasteiger partial charge on any atom is -0.454 e. The number of fused-ring (bicyclic) bond motifs is 7. The van der Waals surface area contributed by atoms with Gasteiger partial charge in [0, 0.05) is 38.4 Å². The molecule has 0 radical (unpaired) electrons. The number of rotatable bonds is 7. The highest BCUT2D eigenvalue weighted by Crippen LogP contribution is 2.52. The summed E-state index contributed by atoms with van der Waals surface area (Å²) >= 11 is 0. The maximum atomic E-state index is 6.77. The van der Waals surface area contributed by atoms with Crippen LogP contribution < -0.4 is 4.90 Å². The summed E-state index contributed by atoms with van der Waals surface area (Å²) < 4.78 is 9.09. The molecule has 0 atom stereocenters. The van der Waals surface area contributed by atoms with Gasteiger partial charge in [-0.25, -0.2) is 0 Å². The molecule has 258 valence electrons. The molecule has 3 heteroatoms. The van der Waals surface area contributed by atoms with E-state index in [-0.39, 0.29) is 0 Å². The largest absolute Gasteiger partial charge is 0.454 e. The lowest BCUT2D eigenvalue weighted by Gasteiger charge is -2.28. The van der Waals surface area contributed by atoms with E-state index in [2.05, 4.69) is 186 Å². The van der Waals surface area contributed by atoms with E-state index < -0.39 is 0 Å². The zero-order chi connectivity index (χ0) is 36.6. The predicted octanol–water partition coefficient (Wildman–Crippen LogP) is 14.8. The molecule has 0 N–H and O–H groups in total. The van der Waals surface area contributed by atoms with Gasteiger partial charge >= 0.3 is 0 Å². The van der Waals surface area contributed by atoms with Crippen LogP contribution in [0.25, 0.3) is 94.8 Å². The summed E-state index contributed by atoms with van der Waals surface area (Å²) in [6, 6.07) is 60.9. The van der Waals surface area contributed by atoms with E-state index in [1.54, 1.807) is 0 Å². The van der Waals surface area contributed by atoms with Gasteiger partial charge in [0.2, 0.25) is 0 Å². The van der Waals surface area contributed by atoms with E-state index in [0.717, 1.165) is 78.0 Å². The normalized spacial score (nSPS) is 11.8.